The maximum absolute atomic E-state index is 12.9. The molecule has 0 aromatic heterocycles. The minimum atomic E-state index is -0.874. The Hall–Kier alpha value is -1.16. The number of hydrogen-bond acceptors (Lipinski definition) is 2. The van der Waals surface area contributed by atoms with E-state index in [1.807, 2.05) is 0 Å². The highest BCUT2D eigenvalue weighted by Gasteiger charge is 2.14. The zero-order valence-corrected chi connectivity index (χ0v) is 7.36. The van der Waals surface area contributed by atoms with E-state index in [0.717, 1.165) is 19.1 Å². The molecule has 0 spiro atoms. The van der Waals surface area contributed by atoms with Gasteiger partial charge in [0.25, 0.3) is 0 Å². The molecule has 0 heterocycles. The number of halogens is 3. The van der Waals surface area contributed by atoms with Crippen molar-refractivity contribution in [1.29, 1.82) is 0 Å². The average molecular weight is 207 g/mol. The molecule has 0 aliphatic rings. The zero-order chi connectivity index (χ0) is 10.0. The summed E-state index contributed by atoms with van der Waals surface area (Å²) in [5.41, 5.74) is 0. The summed E-state index contributed by atoms with van der Waals surface area (Å²) >= 11 is 5.35. The molecule has 5 heteroatoms. The summed E-state index contributed by atoms with van der Waals surface area (Å²) in [6, 6.07) is 1.68. The summed E-state index contributed by atoms with van der Waals surface area (Å²) in [5, 5.41) is -0.532. The molecule has 13 heavy (non-hydrogen) atoms. The monoisotopic (exact) mass is 206 g/mol. The van der Waals surface area contributed by atoms with Crippen LogP contribution in [-0.2, 0) is 4.79 Å². The van der Waals surface area contributed by atoms with Gasteiger partial charge in [-0.25, -0.2) is 8.78 Å². The number of esters is 1. The first-order chi connectivity index (χ1) is 6.02. The number of hydrogen-bond donors (Lipinski definition) is 0. The second-order valence-electron chi connectivity index (χ2n) is 2.27. The van der Waals surface area contributed by atoms with Gasteiger partial charge in [0.2, 0.25) is 0 Å². The first-order valence-electron chi connectivity index (χ1n) is 3.34. The lowest BCUT2D eigenvalue weighted by atomic mass is 10.3. The van der Waals surface area contributed by atoms with Crippen molar-refractivity contribution in [3.05, 3.63) is 28.8 Å². The van der Waals surface area contributed by atoms with Crippen LogP contribution < -0.4 is 4.74 Å². The fraction of sp³-hybridized carbons (Fsp3) is 0.125. The standard InChI is InChI=1S/C8H5ClF2O2/c1-4(12)13-8-6(11)3-2-5(10)7(8)9/h2-3H,1H3. The Bertz CT molecular complexity index is 352. The highest BCUT2D eigenvalue weighted by molar-refractivity contribution is 6.32. The van der Waals surface area contributed by atoms with E-state index >= 15 is 0 Å². The molecule has 0 N–H and O–H groups in total. The van der Waals surface area contributed by atoms with Crippen LogP contribution in [0.3, 0.4) is 0 Å². The predicted octanol–water partition coefficient (Wildman–Crippen LogP) is 2.54. The van der Waals surface area contributed by atoms with Gasteiger partial charge in [0, 0.05) is 6.92 Å². The minimum absolute atomic E-state index is 0.532. The van der Waals surface area contributed by atoms with Crippen molar-refractivity contribution in [1.82, 2.24) is 0 Å². The van der Waals surface area contributed by atoms with Crippen molar-refractivity contribution >= 4 is 17.6 Å². The Morgan fingerprint density at radius 2 is 1.92 bits per heavy atom. The molecule has 70 valence electrons. The van der Waals surface area contributed by atoms with E-state index in [-0.39, 0.29) is 0 Å². The highest BCUT2D eigenvalue weighted by Crippen LogP contribution is 2.30. The van der Waals surface area contributed by atoms with Gasteiger partial charge >= 0.3 is 5.97 Å². The quantitative estimate of drug-likeness (QED) is 0.401. The Morgan fingerprint density at radius 3 is 2.46 bits per heavy atom. The fourth-order valence-corrected chi connectivity index (χ4v) is 0.938. The molecule has 1 aromatic carbocycles. The van der Waals surface area contributed by atoms with E-state index in [4.69, 9.17) is 11.6 Å². The van der Waals surface area contributed by atoms with Gasteiger partial charge in [0.1, 0.15) is 10.8 Å². The number of benzene rings is 1. The molecule has 2 nitrogen and oxygen atoms in total. The van der Waals surface area contributed by atoms with Gasteiger partial charge in [-0.3, -0.25) is 4.79 Å². The van der Waals surface area contributed by atoms with E-state index in [2.05, 4.69) is 4.74 Å². The van der Waals surface area contributed by atoms with E-state index in [1.165, 1.54) is 0 Å². The molecular weight excluding hydrogens is 202 g/mol. The van der Waals surface area contributed by atoms with Crippen molar-refractivity contribution in [2.75, 3.05) is 0 Å². The molecule has 0 saturated carbocycles. The van der Waals surface area contributed by atoms with Crippen molar-refractivity contribution in [2.24, 2.45) is 0 Å². The maximum Gasteiger partial charge on any atom is 0.308 e. The molecule has 0 unspecified atom stereocenters. The van der Waals surface area contributed by atoms with Crippen molar-refractivity contribution in [3.63, 3.8) is 0 Å². The van der Waals surface area contributed by atoms with Crippen LogP contribution >= 0.6 is 11.6 Å². The summed E-state index contributed by atoms with van der Waals surface area (Å²) in [6.45, 7) is 1.07. The van der Waals surface area contributed by atoms with Gasteiger partial charge in [-0.2, -0.15) is 0 Å². The van der Waals surface area contributed by atoms with Gasteiger partial charge in [0.05, 0.1) is 0 Å². The topological polar surface area (TPSA) is 26.3 Å². The molecule has 0 aliphatic carbocycles. The van der Waals surface area contributed by atoms with Crippen LogP contribution in [0.2, 0.25) is 5.02 Å². The van der Waals surface area contributed by atoms with E-state index in [9.17, 15) is 13.6 Å². The van der Waals surface area contributed by atoms with Crippen LogP contribution in [0.4, 0.5) is 8.78 Å². The third-order valence-corrected chi connectivity index (χ3v) is 1.60. The van der Waals surface area contributed by atoms with E-state index in [1.54, 1.807) is 0 Å². The summed E-state index contributed by atoms with van der Waals surface area (Å²) in [6.07, 6.45) is 0. The van der Waals surface area contributed by atoms with Crippen LogP contribution in [0, 0.1) is 11.6 Å². The van der Waals surface area contributed by atoms with Gasteiger partial charge in [-0.05, 0) is 12.1 Å². The highest BCUT2D eigenvalue weighted by atomic mass is 35.5. The third-order valence-electron chi connectivity index (χ3n) is 1.25. The normalized spacial score (nSPS) is 9.85. The Morgan fingerprint density at radius 1 is 1.38 bits per heavy atom. The first-order valence-corrected chi connectivity index (χ1v) is 3.72. The third kappa shape index (κ3) is 2.15. The molecule has 0 bridgehead atoms. The molecule has 0 amide bonds. The Labute approximate surface area is 78.1 Å². The maximum atomic E-state index is 12.9. The van der Waals surface area contributed by atoms with E-state index in [0.29, 0.717) is 0 Å². The number of rotatable bonds is 1. The largest absolute Gasteiger partial charge is 0.422 e. The number of carbonyl (C=O) groups is 1. The van der Waals surface area contributed by atoms with Crippen LogP contribution in [0.5, 0.6) is 5.75 Å². The molecular formula is C8H5ClF2O2. The van der Waals surface area contributed by atoms with Crippen LogP contribution in [0.1, 0.15) is 6.92 Å². The van der Waals surface area contributed by atoms with Crippen molar-refractivity contribution in [2.45, 2.75) is 6.92 Å². The first kappa shape index (κ1) is 9.92. The lowest BCUT2D eigenvalue weighted by Crippen LogP contribution is -2.04. The van der Waals surface area contributed by atoms with Crippen molar-refractivity contribution < 1.29 is 18.3 Å². The zero-order valence-electron chi connectivity index (χ0n) is 6.61. The lowest BCUT2D eigenvalue weighted by Gasteiger charge is -2.04. The molecule has 0 saturated heterocycles. The summed E-state index contributed by atoms with van der Waals surface area (Å²) < 4.78 is 30.0. The second-order valence-corrected chi connectivity index (χ2v) is 2.64. The summed E-state index contributed by atoms with van der Waals surface area (Å²) in [4.78, 5) is 10.5. The molecule has 0 radical (unpaired) electrons. The second kappa shape index (κ2) is 3.70. The van der Waals surface area contributed by atoms with Gasteiger partial charge in [0.15, 0.2) is 11.6 Å². The Kier molecular flexibility index (Phi) is 2.83. The summed E-state index contributed by atoms with van der Waals surface area (Å²) in [7, 11) is 0. The summed E-state index contributed by atoms with van der Waals surface area (Å²) in [5.74, 6) is -3.04. The van der Waals surface area contributed by atoms with Crippen molar-refractivity contribution in [3.8, 4) is 5.75 Å². The van der Waals surface area contributed by atoms with Gasteiger partial charge < -0.3 is 4.74 Å². The van der Waals surface area contributed by atoms with Gasteiger partial charge in [-0.15, -0.1) is 0 Å². The molecule has 0 aliphatic heterocycles. The molecule has 0 atom stereocenters. The van der Waals surface area contributed by atoms with Crippen LogP contribution in [0.25, 0.3) is 0 Å². The Balaban J connectivity index is 3.17. The SMILES string of the molecule is CC(=O)Oc1c(F)ccc(F)c1Cl. The van der Waals surface area contributed by atoms with Crippen LogP contribution in [-0.4, -0.2) is 5.97 Å². The molecule has 1 rings (SSSR count). The van der Waals surface area contributed by atoms with Gasteiger partial charge in [-0.1, -0.05) is 11.6 Å². The smallest absolute Gasteiger partial charge is 0.308 e. The molecule has 0 fully saturated rings. The number of carbonyl (C=O) groups excluding carboxylic acids is 1. The minimum Gasteiger partial charge on any atom is -0.422 e. The van der Waals surface area contributed by atoms with E-state index < -0.39 is 28.4 Å². The average Bonchev–Trinajstić information content (AvgIpc) is 2.05. The van der Waals surface area contributed by atoms with Crippen LogP contribution in [0.15, 0.2) is 12.1 Å². The fourth-order valence-electron chi connectivity index (χ4n) is 0.746. The molecule has 1 aromatic rings. The lowest BCUT2D eigenvalue weighted by molar-refractivity contribution is -0.132. The predicted molar refractivity (Wildman–Crippen MR) is 42.7 cm³/mol. The number of ether oxygens (including phenoxy) is 1.